The van der Waals surface area contributed by atoms with E-state index in [1.807, 2.05) is 37.3 Å². The van der Waals surface area contributed by atoms with Crippen LogP contribution in [-0.2, 0) is 0 Å². The van der Waals surface area contributed by atoms with Gasteiger partial charge in [-0.3, -0.25) is 0 Å². The van der Waals surface area contributed by atoms with Crippen LogP contribution >= 0.6 is 0 Å². The molecule has 102 valence electrons. The van der Waals surface area contributed by atoms with Crippen LogP contribution in [0.15, 0.2) is 48.5 Å². The van der Waals surface area contributed by atoms with Gasteiger partial charge in [0.1, 0.15) is 5.82 Å². The Labute approximate surface area is 122 Å². The van der Waals surface area contributed by atoms with Gasteiger partial charge in [0.25, 0.3) is 0 Å². The Balaban J connectivity index is 2.18. The number of aromatic amines is 1. The van der Waals surface area contributed by atoms with Gasteiger partial charge in [-0.25, -0.2) is 4.39 Å². The molecule has 3 aromatic rings. The van der Waals surface area contributed by atoms with Crippen LogP contribution in [0.1, 0.15) is 16.8 Å². The Bertz CT molecular complexity index is 882. The van der Waals surface area contributed by atoms with Crippen LogP contribution in [0.2, 0.25) is 0 Å². The second kappa shape index (κ2) is 5.26. The maximum atomic E-state index is 13.3. The van der Waals surface area contributed by atoms with E-state index in [0.29, 0.717) is 11.1 Å². The minimum Gasteiger partial charge on any atom is -0.358 e. The predicted octanol–water partition coefficient (Wildman–Crippen LogP) is 4.68. The minimum absolute atomic E-state index is 0.343. The summed E-state index contributed by atoms with van der Waals surface area (Å²) in [5.41, 5.74) is 4.01. The van der Waals surface area contributed by atoms with Crippen LogP contribution in [0.25, 0.3) is 22.6 Å². The van der Waals surface area contributed by atoms with Crippen molar-refractivity contribution >= 4 is 22.6 Å². The minimum atomic E-state index is -0.343. The molecule has 0 unspecified atom stereocenters. The van der Waals surface area contributed by atoms with Crippen LogP contribution in [0.4, 0.5) is 4.39 Å². The zero-order chi connectivity index (χ0) is 14.8. The number of aryl methyl sites for hydroxylation is 1. The van der Waals surface area contributed by atoms with E-state index in [1.165, 1.54) is 12.1 Å². The largest absolute Gasteiger partial charge is 0.358 e. The molecule has 21 heavy (non-hydrogen) atoms. The number of rotatable bonds is 2. The third-order valence-electron chi connectivity index (χ3n) is 3.49. The van der Waals surface area contributed by atoms with Gasteiger partial charge < -0.3 is 4.98 Å². The fourth-order valence-corrected chi connectivity index (χ4v) is 2.46. The van der Waals surface area contributed by atoms with Crippen LogP contribution < -0.4 is 0 Å². The number of halogens is 1. The number of allylic oxidation sites excluding steroid dienone is 1. The number of fused-ring (bicyclic) bond motifs is 1. The van der Waals surface area contributed by atoms with E-state index in [0.717, 1.165) is 22.2 Å². The zero-order valence-corrected chi connectivity index (χ0v) is 11.5. The van der Waals surface area contributed by atoms with Crippen molar-refractivity contribution in [3.8, 4) is 6.07 Å². The van der Waals surface area contributed by atoms with E-state index in [9.17, 15) is 9.65 Å². The lowest BCUT2D eigenvalue weighted by molar-refractivity contribution is 0.627. The van der Waals surface area contributed by atoms with Gasteiger partial charge in [0.15, 0.2) is 0 Å². The van der Waals surface area contributed by atoms with Crippen molar-refractivity contribution in [3.63, 3.8) is 0 Å². The van der Waals surface area contributed by atoms with Crippen molar-refractivity contribution in [1.82, 2.24) is 4.98 Å². The lowest BCUT2D eigenvalue weighted by Gasteiger charge is -2.00. The Kier molecular flexibility index (Phi) is 3.29. The fraction of sp³-hybridized carbons (Fsp3) is 0.0556. The molecule has 0 spiro atoms. The van der Waals surface area contributed by atoms with Gasteiger partial charge in [-0.15, -0.1) is 0 Å². The van der Waals surface area contributed by atoms with Gasteiger partial charge in [-0.1, -0.05) is 30.3 Å². The number of hydrogen-bond acceptors (Lipinski definition) is 1. The summed E-state index contributed by atoms with van der Waals surface area (Å²) in [6.07, 6.45) is 1.81. The Morgan fingerprint density at radius 2 is 2.00 bits per heavy atom. The van der Waals surface area contributed by atoms with Gasteiger partial charge in [-0.05, 0) is 36.8 Å². The van der Waals surface area contributed by atoms with Crippen molar-refractivity contribution in [1.29, 1.82) is 5.26 Å². The number of nitriles is 1. The summed E-state index contributed by atoms with van der Waals surface area (Å²) in [6.45, 7) is 1.96. The Morgan fingerprint density at radius 1 is 1.19 bits per heavy atom. The molecule has 2 nitrogen and oxygen atoms in total. The highest BCUT2D eigenvalue weighted by atomic mass is 19.1. The molecule has 0 fully saturated rings. The summed E-state index contributed by atoms with van der Waals surface area (Å²) in [4.78, 5) is 3.29. The summed E-state index contributed by atoms with van der Waals surface area (Å²) in [6, 6.07) is 16.2. The lowest BCUT2D eigenvalue weighted by atomic mass is 10.0. The molecule has 0 saturated carbocycles. The molecule has 1 heterocycles. The van der Waals surface area contributed by atoms with E-state index in [1.54, 1.807) is 12.1 Å². The van der Waals surface area contributed by atoms with E-state index in [-0.39, 0.29) is 5.82 Å². The summed E-state index contributed by atoms with van der Waals surface area (Å²) < 4.78 is 13.3. The first-order chi connectivity index (χ1) is 10.2. The molecule has 1 aromatic heterocycles. The summed E-state index contributed by atoms with van der Waals surface area (Å²) in [5.74, 6) is -0.343. The van der Waals surface area contributed by atoms with Crippen LogP contribution in [0.5, 0.6) is 0 Å². The van der Waals surface area contributed by atoms with Gasteiger partial charge in [-0.2, -0.15) is 5.26 Å². The predicted molar refractivity (Wildman–Crippen MR) is 82.9 cm³/mol. The molecular formula is C18H13FN2. The lowest BCUT2D eigenvalue weighted by Crippen LogP contribution is -1.84. The van der Waals surface area contributed by atoms with E-state index in [4.69, 9.17) is 0 Å². The maximum absolute atomic E-state index is 13.3. The average molecular weight is 276 g/mol. The van der Waals surface area contributed by atoms with Gasteiger partial charge in [0.05, 0.1) is 11.6 Å². The number of aromatic nitrogens is 1. The molecule has 0 aliphatic rings. The van der Waals surface area contributed by atoms with E-state index in [2.05, 4.69) is 11.1 Å². The third kappa shape index (κ3) is 2.44. The second-order valence-electron chi connectivity index (χ2n) is 4.89. The van der Waals surface area contributed by atoms with Gasteiger partial charge in [0, 0.05) is 22.2 Å². The van der Waals surface area contributed by atoms with Crippen LogP contribution in [0, 0.1) is 24.1 Å². The topological polar surface area (TPSA) is 39.6 Å². The van der Waals surface area contributed by atoms with Crippen molar-refractivity contribution in [3.05, 3.63) is 71.2 Å². The molecule has 0 saturated heterocycles. The smallest absolute Gasteiger partial charge is 0.123 e. The number of H-pyrrole nitrogens is 1. The molecule has 0 aliphatic heterocycles. The Morgan fingerprint density at radius 3 is 2.76 bits per heavy atom. The molecule has 3 heteroatoms. The summed E-state index contributed by atoms with van der Waals surface area (Å²) in [5, 5.41) is 10.4. The molecule has 1 N–H and O–H groups in total. The fourth-order valence-electron chi connectivity index (χ4n) is 2.46. The van der Waals surface area contributed by atoms with Crippen molar-refractivity contribution < 1.29 is 4.39 Å². The summed E-state index contributed by atoms with van der Waals surface area (Å²) >= 11 is 0. The molecule has 0 radical (unpaired) electrons. The standard InChI is InChI=1S/C18H13FN2/c1-12-17(16-7-2-3-8-18(16)21-12)10-14(11-20)13-5-4-6-15(19)9-13/h2-10,21H,1H3/b14-10-. The molecule has 0 atom stereocenters. The first kappa shape index (κ1) is 13.1. The molecular weight excluding hydrogens is 263 g/mol. The number of nitrogens with one attached hydrogen (secondary N) is 1. The van der Waals surface area contributed by atoms with Crippen LogP contribution in [-0.4, -0.2) is 4.98 Å². The highest BCUT2D eigenvalue weighted by Gasteiger charge is 2.08. The highest BCUT2D eigenvalue weighted by Crippen LogP contribution is 2.27. The van der Waals surface area contributed by atoms with Crippen LogP contribution in [0.3, 0.4) is 0 Å². The van der Waals surface area contributed by atoms with Crippen molar-refractivity contribution in [2.24, 2.45) is 0 Å². The first-order valence-corrected chi connectivity index (χ1v) is 6.64. The number of benzene rings is 2. The SMILES string of the molecule is Cc1[nH]c2ccccc2c1/C=C(/C#N)c1cccc(F)c1. The second-order valence-corrected chi connectivity index (χ2v) is 4.89. The first-order valence-electron chi connectivity index (χ1n) is 6.64. The molecule has 0 bridgehead atoms. The monoisotopic (exact) mass is 276 g/mol. The molecule has 3 rings (SSSR count). The van der Waals surface area contributed by atoms with E-state index < -0.39 is 0 Å². The molecule has 2 aromatic carbocycles. The van der Waals surface area contributed by atoms with Gasteiger partial charge >= 0.3 is 0 Å². The average Bonchev–Trinajstić information content (AvgIpc) is 2.80. The normalized spacial score (nSPS) is 11.6. The van der Waals surface area contributed by atoms with Gasteiger partial charge in [0.2, 0.25) is 0 Å². The number of para-hydroxylation sites is 1. The zero-order valence-electron chi connectivity index (χ0n) is 11.5. The van der Waals surface area contributed by atoms with Crippen molar-refractivity contribution in [2.45, 2.75) is 6.92 Å². The van der Waals surface area contributed by atoms with E-state index >= 15 is 0 Å². The molecule has 0 amide bonds. The highest BCUT2D eigenvalue weighted by molar-refractivity contribution is 5.98. The number of hydrogen-bond donors (Lipinski definition) is 1. The molecule has 0 aliphatic carbocycles. The number of nitrogens with zero attached hydrogens (tertiary/aromatic N) is 1. The Hall–Kier alpha value is -2.86. The van der Waals surface area contributed by atoms with Crippen molar-refractivity contribution in [2.75, 3.05) is 0 Å². The quantitative estimate of drug-likeness (QED) is 0.678. The summed E-state index contributed by atoms with van der Waals surface area (Å²) in [7, 11) is 0. The maximum Gasteiger partial charge on any atom is 0.123 e. The third-order valence-corrected chi connectivity index (χ3v) is 3.49.